The van der Waals surface area contributed by atoms with Crippen LogP contribution in [0.15, 0.2) is 18.5 Å². The second kappa shape index (κ2) is 5.97. The van der Waals surface area contributed by atoms with Crippen LogP contribution in [-0.2, 0) is 9.59 Å². The van der Waals surface area contributed by atoms with E-state index in [0.29, 0.717) is 0 Å². The minimum atomic E-state index is -1.52. The number of amides is 1. The van der Waals surface area contributed by atoms with E-state index < -0.39 is 30.3 Å². The maximum Gasteiger partial charge on any atom is 0.326 e. The van der Waals surface area contributed by atoms with Crippen molar-refractivity contribution in [2.75, 3.05) is 0 Å². The zero-order chi connectivity index (χ0) is 13.7. The van der Waals surface area contributed by atoms with E-state index in [0.717, 1.165) is 6.20 Å². The van der Waals surface area contributed by atoms with Crippen LogP contribution in [-0.4, -0.2) is 39.1 Å². The summed E-state index contributed by atoms with van der Waals surface area (Å²) < 4.78 is 0. The maximum atomic E-state index is 11.7. The van der Waals surface area contributed by atoms with Gasteiger partial charge in [0.1, 0.15) is 6.04 Å². The number of carbonyl (C=O) groups is 3. The predicted octanol–water partition coefficient (Wildman–Crippen LogP) is 0.393. The lowest BCUT2D eigenvalue weighted by molar-refractivity contribution is -0.145. The standard InChI is InChI=1S/C10H9ClN2O5/c11-6-1-2-12-4-5(6)9(16)13-7(10(17)18)3-8(14)15/h1-2,4,7H,3H2,(H,13,16)(H,14,15)(H,17,18). The average molecular weight is 273 g/mol. The fourth-order valence-corrected chi connectivity index (χ4v) is 1.35. The second-order valence-electron chi connectivity index (χ2n) is 3.32. The Kier molecular flexibility index (Phi) is 4.61. The number of pyridine rings is 1. The smallest absolute Gasteiger partial charge is 0.326 e. The van der Waals surface area contributed by atoms with Crippen molar-refractivity contribution in [3.63, 3.8) is 0 Å². The van der Waals surface area contributed by atoms with Crippen LogP contribution in [0.2, 0.25) is 5.02 Å². The highest BCUT2D eigenvalue weighted by Gasteiger charge is 2.24. The van der Waals surface area contributed by atoms with E-state index >= 15 is 0 Å². The summed E-state index contributed by atoms with van der Waals surface area (Å²) in [5.74, 6) is -3.56. The quantitative estimate of drug-likeness (QED) is 0.714. The van der Waals surface area contributed by atoms with E-state index in [1.54, 1.807) is 0 Å². The number of nitrogens with one attached hydrogen (secondary N) is 1. The number of aliphatic carboxylic acids is 2. The number of hydrogen-bond donors (Lipinski definition) is 3. The van der Waals surface area contributed by atoms with Crippen LogP contribution in [0.1, 0.15) is 16.8 Å². The van der Waals surface area contributed by atoms with E-state index in [2.05, 4.69) is 10.3 Å². The third kappa shape index (κ3) is 3.70. The number of carboxylic acid groups (broad SMARTS) is 2. The van der Waals surface area contributed by atoms with E-state index in [1.807, 2.05) is 0 Å². The lowest BCUT2D eigenvalue weighted by Crippen LogP contribution is -2.42. The van der Waals surface area contributed by atoms with E-state index in [4.69, 9.17) is 21.8 Å². The summed E-state index contributed by atoms with van der Waals surface area (Å²) in [4.78, 5) is 36.5. The molecule has 1 rings (SSSR count). The number of nitrogens with zero attached hydrogens (tertiary/aromatic N) is 1. The molecular formula is C10H9ClN2O5. The van der Waals surface area contributed by atoms with Crippen LogP contribution in [0.5, 0.6) is 0 Å². The number of carbonyl (C=O) groups excluding carboxylic acids is 1. The minimum Gasteiger partial charge on any atom is -0.481 e. The summed E-state index contributed by atoms with van der Waals surface area (Å²) in [6, 6.07) is -0.157. The number of hydrogen-bond acceptors (Lipinski definition) is 4. The van der Waals surface area contributed by atoms with Gasteiger partial charge in [-0.2, -0.15) is 0 Å². The van der Waals surface area contributed by atoms with Crippen molar-refractivity contribution in [1.82, 2.24) is 10.3 Å². The molecular weight excluding hydrogens is 264 g/mol. The average Bonchev–Trinajstić information content (AvgIpc) is 2.27. The molecule has 0 saturated heterocycles. The summed E-state index contributed by atoms with van der Waals surface area (Å²) in [5.41, 5.74) is -0.0178. The van der Waals surface area contributed by atoms with Gasteiger partial charge in [0, 0.05) is 12.4 Å². The molecule has 3 N–H and O–H groups in total. The molecule has 1 heterocycles. The minimum absolute atomic E-state index is 0.0178. The Morgan fingerprint density at radius 3 is 2.56 bits per heavy atom. The van der Waals surface area contributed by atoms with Crippen LogP contribution in [0, 0.1) is 0 Å². The monoisotopic (exact) mass is 272 g/mol. The zero-order valence-corrected chi connectivity index (χ0v) is 9.72. The molecule has 1 aromatic heterocycles. The first kappa shape index (κ1) is 13.9. The lowest BCUT2D eigenvalue weighted by atomic mass is 10.2. The molecule has 1 atom stereocenters. The van der Waals surface area contributed by atoms with Gasteiger partial charge in [-0.15, -0.1) is 0 Å². The summed E-state index contributed by atoms with van der Waals surface area (Å²) >= 11 is 5.72. The summed E-state index contributed by atoms with van der Waals surface area (Å²) in [5, 5.41) is 19.4. The molecule has 1 unspecified atom stereocenters. The van der Waals surface area contributed by atoms with Gasteiger partial charge in [-0.3, -0.25) is 14.6 Å². The molecule has 0 fully saturated rings. The molecule has 96 valence electrons. The van der Waals surface area contributed by atoms with E-state index in [9.17, 15) is 14.4 Å². The van der Waals surface area contributed by atoms with Gasteiger partial charge in [-0.25, -0.2) is 4.79 Å². The Bertz CT molecular complexity index is 491. The lowest BCUT2D eigenvalue weighted by Gasteiger charge is -2.12. The molecule has 0 bridgehead atoms. The molecule has 0 aliphatic heterocycles. The van der Waals surface area contributed by atoms with Crippen LogP contribution in [0.4, 0.5) is 0 Å². The fourth-order valence-electron chi connectivity index (χ4n) is 1.16. The summed E-state index contributed by atoms with van der Waals surface area (Å²) in [7, 11) is 0. The molecule has 18 heavy (non-hydrogen) atoms. The first-order valence-electron chi connectivity index (χ1n) is 4.76. The normalized spacial score (nSPS) is 11.6. The Morgan fingerprint density at radius 2 is 2.06 bits per heavy atom. The van der Waals surface area contributed by atoms with Gasteiger partial charge < -0.3 is 15.5 Å². The van der Waals surface area contributed by atoms with Gasteiger partial charge in [-0.05, 0) is 6.07 Å². The van der Waals surface area contributed by atoms with Crippen LogP contribution in [0.3, 0.4) is 0 Å². The van der Waals surface area contributed by atoms with E-state index in [-0.39, 0.29) is 10.6 Å². The Hall–Kier alpha value is -2.15. The molecule has 1 amide bonds. The maximum absolute atomic E-state index is 11.7. The highest BCUT2D eigenvalue weighted by Crippen LogP contribution is 2.13. The zero-order valence-electron chi connectivity index (χ0n) is 8.96. The fraction of sp³-hybridized carbons (Fsp3) is 0.200. The van der Waals surface area contributed by atoms with Crippen molar-refractivity contribution >= 4 is 29.4 Å². The molecule has 0 aromatic carbocycles. The van der Waals surface area contributed by atoms with Crippen molar-refractivity contribution in [2.24, 2.45) is 0 Å². The SMILES string of the molecule is O=C(O)CC(NC(=O)c1cnccc1Cl)C(=O)O. The van der Waals surface area contributed by atoms with Crippen molar-refractivity contribution in [2.45, 2.75) is 12.5 Å². The van der Waals surface area contributed by atoms with Gasteiger partial charge in [0.05, 0.1) is 17.0 Å². The van der Waals surface area contributed by atoms with E-state index in [1.165, 1.54) is 12.3 Å². The third-order valence-electron chi connectivity index (χ3n) is 1.99. The van der Waals surface area contributed by atoms with Gasteiger partial charge in [0.25, 0.3) is 5.91 Å². The molecule has 8 heteroatoms. The number of halogens is 1. The Labute approximate surface area is 106 Å². The van der Waals surface area contributed by atoms with Crippen LogP contribution < -0.4 is 5.32 Å². The van der Waals surface area contributed by atoms with Gasteiger partial charge in [0.2, 0.25) is 0 Å². The van der Waals surface area contributed by atoms with Gasteiger partial charge >= 0.3 is 11.9 Å². The second-order valence-corrected chi connectivity index (χ2v) is 3.72. The largest absolute Gasteiger partial charge is 0.481 e. The van der Waals surface area contributed by atoms with Crippen molar-refractivity contribution in [3.05, 3.63) is 29.0 Å². The third-order valence-corrected chi connectivity index (χ3v) is 2.32. The molecule has 0 spiro atoms. The Balaban J connectivity index is 2.82. The molecule has 0 aliphatic carbocycles. The summed E-state index contributed by atoms with van der Waals surface area (Å²) in [6.07, 6.45) is 1.81. The first-order valence-corrected chi connectivity index (χ1v) is 5.14. The van der Waals surface area contributed by atoms with Crippen molar-refractivity contribution in [1.29, 1.82) is 0 Å². The number of aromatic nitrogens is 1. The highest BCUT2D eigenvalue weighted by molar-refractivity contribution is 6.33. The van der Waals surface area contributed by atoms with Gasteiger partial charge in [0.15, 0.2) is 0 Å². The van der Waals surface area contributed by atoms with Crippen LogP contribution in [0.25, 0.3) is 0 Å². The predicted molar refractivity (Wildman–Crippen MR) is 60.4 cm³/mol. The molecule has 7 nitrogen and oxygen atoms in total. The van der Waals surface area contributed by atoms with Crippen molar-refractivity contribution in [3.8, 4) is 0 Å². The number of rotatable bonds is 5. The van der Waals surface area contributed by atoms with Crippen molar-refractivity contribution < 1.29 is 24.6 Å². The first-order chi connectivity index (χ1) is 8.41. The van der Waals surface area contributed by atoms with Gasteiger partial charge in [-0.1, -0.05) is 11.6 Å². The molecule has 0 saturated carbocycles. The molecule has 0 radical (unpaired) electrons. The topological polar surface area (TPSA) is 117 Å². The number of carboxylic acids is 2. The molecule has 0 aliphatic rings. The molecule has 1 aromatic rings. The Morgan fingerprint density at radius 1 is 1.39 bits per heavy atom. The summed E-state index contributed by atoms with van der Waals surface area (Å²) in [6.45, 7) is 0. The highest BCUT2D eigenvalue weighted by atomic mass is 35.5. The van der Waals surface area contributed by atoms with Crippen LogP contribution >= 0.6 is 11.6 Å².